The highest BCUT2D eigenvalue weighted by Gasteiger charge is 2.51. The number of esters is 1. The van der Waals surface area contributed by atoms with Gasteiger partial charge in [-0.25, -0.2) is 0 Å². The minimum absolute atomic E-state index is 0.0996. The number of pyridine rings is 1. The Morgan fingerprint density at radius 2 is 2.04 bits per heavy atom. The van der Waals surface area contributed by atoms with Gasteiger partial charge in [-0.2, -0.15) is 0 Å². The third-order valence-electron chi connectivity index (χ3n) is 5.27. The SMILES string of the molecule is C[C@]1(O)Cc2[nH][nH]c(=O)c2[C@H](c2cccnc2)[C@@H]1C(=O)OCc1ccccc1. The fourth-order valence-corrected chi connectivity index (χ4v) is 3.99. The van der Waals surface area contributed by atoms with E-state index in [9.17, 15) is 14.7 Å². The van der Waals surface area contributed by atoms with Gasteiger partial charge in [0.2, 0.25) is 0 Å². The van der Waals surface area contributed by atoms with Gasteiger partial charge in [0, 0.05) is 36.0 Å². The maximum atomic E-state index is 13.1. The molecule has 7 nitrogen and oxygen atoms in total. The van der Waals surface area contributed by atoms with Gasteiger partial charge in [-0.15, -0.1) is 0 Å². The Morgan fingerprint density at radius 3 is 2.75 bits per heavy atom. The van der Waals surface area contributed by atoms with E-state index in [0.29, 0.717) is 16.8 Å². The molecule has 3 atom stereocenters. The van der Waals surface area contributed by atoms with Crippen molar-refractivity contribution in [2.45, 2.75) is 31.5 Å². The molecule has 1 aliphatic carbocycles. The minimum Gasteiger partial charge on any atom is -0.460 e. The number of fused-ring (bicyclic) bond motifs is 1. The lowest BCUT2D eigenvalue weighted by Gasteiger charge is -2.40. The largest absolute Gasteiger partial charge is 0.460 e. The number of carbonyl (C=O) groups is 1. The van der Waals surface area contributed by atoms with Crippen LogP contribution < -0.4 is 5.56 Å². The summed E-state index contributed by atoms with van der Waals surface area (Å²) in [6.45, 7) is 1.70. The van der Waals surface area contributed by atoms with Gasteiger partial charge in [0.25, 0.3) is 5.56 Å². The van der Waals surface area contributed by atoms with E-state index >= 15 is 0 Å². The van der Waals surface area contributed by atoms with Crippen molar-refractivity contribution in [3.63, 3.8) is 0 Å². The number of aromatic nitrogens is 3. The van der Waals surface area contributed by atoms with E-state index in [1.165, 1.54) is 0 Å². The summed E-state index contributed by atoms with van der Waals surface area (Å²) in [6, 6.07) is 12.9. The molecule has 7 heteroatoms. The van der Waals surface area contributed by atoms with Gasteiger partial charge >= 0.3 is 5.97 Å². The number of rotatable bonds is 4. The summed E-state index contributed by atoms with van der Waals surface area (Å²) in [5.41, 5.74) is 0.865. The number of carbonyl (C=O) groups excluding carboxylic acids is 1. The van der Waals surface area contributed by atoms with Gasteiger partial charge in [-0.3, -0.25) is 19.7 Å². The first-order valence-electron chi connectivity index (χ1n) is 9.09. The van der Waals surface area contributed by atoms with E-state index in [4.69, 9.17) is 4.74 Å². The second-order valence-electron chi connectivity index (χ2n) is 7.34. The minimum atomic E-state index is -1.40. The molecule has 1 aliphatic rings. The molecule has 2 heterocycles. The Kier molecular flexibility index (Phi) is 4.60. The second kappa shape index (κ2) is 7.09. The predicted octanol–water partition coefficient (Wildman–Crippen LogP) is 1.90. The van der Waals surface area contributed by atoms with Crippen molar-refractivity contribution in [3.8, 4) is 0 Å². The Bertz CT molecular complexity index is 1020. The van der Waals surface area contributed by atoms with Crippen LogP contribution in [0.15, 0.2) is 59.7 Å². The zero-order chi connectivity index (χ0) is 19.7. The number of hydrogen-bond donors (Lipinski definition) is 3. The molecule has 144 valence electrons. The molecule has 0 saturated carbocycles. The predicted molar refractivity (Wildman–Crippen MR) is 102 cm³/mol. The van der Waals surface area contributed by atoms with Crippen molar-refractivity contribution in [3.05, 3.63) is 87.6 Å². The van der Waals surface area contributed by atoms with Gasteiger partial charge in [-0.1, -0.05) is 36.4 Å². The summed E-state index contributed by atoms with van der Waals surface area (Å²) in [6.07, 6.45) is 3.37. The molecule has 3 N–H and O–H groups in total. The Balaban J connectivity index is 1.73. The first kappa shape index (κ1) is 18.2. The second-order valence-corrected chi connectivity index (χ2v) is 7.34. The van der Waals surface area contributed by atoms with Crippen molar-refractivity contribution in [2.75, 3.05) is 0 Å². The van der Waals surface area contributed by atoms with E-state index in [-0.39, 0.29) is 18.6 Å². The molecule has 4 rings (SSSR count). The molecule has 1 aromatic carbocycles. The van der Waals surface area contributed by atoms with Crippen molar-refractivity contribution in [1.29, 1.82) is 0 Å². The summed E-state index contributed by atoms with van der Waals surface area (Å²) in [7, 11) is 0. The molecule has 0 saturated heterocycles. The number of nitrogens with one attached hydrogen (secondary N) is 2. The molecular formula is C21H21N3O4. The fraction of sp³-hybridized carbons (Fsp3) is 0.286. The van der Waals surface area contributed by atoms with Crippen LogP contribution >= 0.6 is 0 Å². The average Bonchev–Trinajstić information content (AvgIpc) is 3.05. The van der Waals surface area contributed by atoms with Gasteiger partial charge in [-0.05, 0) is 24.1 Å². The first-order chi connectivity index (χ1) is 13.5. The van der Waals surface area contributed by atoms with Gasteiger partial charge in [0.05, 0.1) is 11.5 Å². The van der Waals surface area contributed by atoms with Gasteiger partial charge in [0.15, 0.2) is 0 Å². The van der Waals surface area contributed by atoms with E-state index < -0.39 is 23.4 Å². The highest BCUT2D eigenvalue weighted by atomic mass is 16.5. The monoisotopic (exact) mass is 379 g/mol. The lowest BCUT2D eigenvalue weighted by molar-refractivity contribution is -0.161. The zero-order valence-corrected chi connectivity index (χ0v) is 15.4. The van der Waals surface area contributed by atoms with E-state index in [1.807, 2.05) is 30.3 Å². The highest BCUT2D eigenvalue weighted by molar-refractivity contribution is 5.77. The van der Waals surface area contributed by atoms with Crippen LogP contribution in [0.5, 0.6) is 0 Å². The number of nitrogens with zero attached hydrogens (tertiary/aromatic N) is 1. The van der Waals surface area contributed by atoms with Crippen LogP contribution in [-0.4, -0.2) is 31.9 Å². The van der Waals surface area contributed by atoms with Crippen LogP contribution in [0.1, 0.15) is 35.2 Å². The molecule has 0 aliphatic heterocycles. The molecule has 0 unspecified atom stereocenters. The van der Waals surface area contributed by atoms with Crippen LogP contribution in [0.3, 0.4) is 0 Å². The molecule has 28 heavy (non-hydrogen) atoms. The maximum absolute atomic E-state index is 13.1. The van der Waals surface area contributed by atoms with Crippen LogP contribution in [0.4, 0.5) is 0 Å². The lowest BCUT2D eigenvalue weighted by atomic mass is 9.66. The molecule has 0 bridgehead atoms. The van der Waals surface area contributed by atoms with Crippen LogP contribution in [0.2, 0.25) is 0 Å². The summed E-state index contributed by atoms with van der Waals surface area (Å²) in [5.74, 6) is -2.15. The van der Waals surface area contributed by atoms with Crippen molar-refractivity contribution in [1.82, 2.24) is 15.2 Å². The third kappa shape index (κ3) is 3.25. The summed E-state index contributed by atoms with van der Waals surface area (Å²) >= 11 is 0. The lowest BCUT2D eigenvalue weighted by Crippen LogP contribution is -2.50. The molecule has 3 aromatic rings. The smallest absolute Gasteiger partial charge is 0.313 e. The van der Waals surface area contributed by atoms with Crippen LogP contribution in [0, 0.1) is 5.92 Å². The molecule has 0 amide bonds. The molecule has 0 fully saturated rings. The zero-order valence-electron chi connectivity index (χ0n) is 15.4. The molecular weight excluding hydrogens is 358 g/mol. The number of H-pyrrole nitrogens is 2. The number of benzene rings is 1. The number of hydrogen-bond acceptors (Lipinski definition) is 5. The molecule has 2 aromatic heterocycles. The van der Waals surface area contributed by atoms with Crippen molar-refractivity contribution in [2.24, 2.45) is 5.92 Å². The van der Waals surface area contributed by atoms with Gasteiger partial charge < -0.3 is 14.9 Å². The van der Waals surface area contributed by atoms with E-state index in [2.05, 4.69) is 15.2 Å². The third-order valence-corrected chi connectivity index (χ3v) is 5.27. The first-order valence-corrected chi connectivity index (χ1v) is 9.09. The number of aliphatic hydroxyl groups is 1. The van der Waals surface area contributed by atoms with E-state index in [0.717, 1.165) is 5.56 Å². The normalized spacial score (nSPS) is 23.8. The van der Waals surface area contributed by atoms with Crippen molar-refractivity contribution >= 4 is 5.97 Å². The standard InChI is InChI=1S/C21H21N3O4/c1-21(27)10-15-17(19(25)24-23-15)16(14-8-5-9-22-11-14)18(21)20(26)28-12-13-6-3-2-4-7-13/h2-9,11,16,18,27H,10,12H2,1H3,(H2,23,24,25)/t16-,18+,21-/m0/s1. The molecule has 0 spiro atoms. The van der Waals surface area contributed by atoms with Crippen molar-refractivity contribution < 1.29 is 14.6 Å². The van der Waals surface area contributed by atoms with E-state index in [1.54, 1.807) is 31.5 Å². The summed E-state index contributed by atoms with van der Waals surface area (Å²) in [4.78, 5) is 29.7. The number of ether oxygens (including phenoxy) is 1. The average molecular weight is 379 g/mol. The Hall–Kier alpha value is -3.19. The quantitative estimate of drug-likeness (QED) is 0.600. The Labute approximate surface area is 161 Å². The Morgan fingerprint density at radius 1 is 1.25 bits per heavy atom. The highest BCUT2D eigenvalue weighted by Crippen LogP contribution is 2.44. The van der Waals surface area contributed by atoms with Crippen LogP contribution in [-0.2, 0) is 22.6 Å². The number of aromatic amines is 2. The topological polar surface area (TPSA) is 108 Å². The molecule has 0 radical (unpaired) electrons. The summed E-state index contributed by atoms with van der Waals surface area (Å²) < 4.78 is 5.54. The summed E-state index contributed by atoms with van der Waals surface area (Å²) in [5, 5.41) is 16.5. The van der Waals surface area contributed by atoms with Crippen LogP contribution in [0.25, 0.3) is 0 Å². The maximum Gasteiger partial charge on any atom is 0.313 e. The fourth-order valence-electron chi connectivity index (χ4n) is 3.99. The van der Waals surface area contributed by atoms with Gasteiger partial charge in [0.1, 0.15) is 6.61 Å².